The van der Waals surface area contributed by atoms with Crippen LogP contribution in [0.5, 0.6) is 5.75 Å². The molecule has 3 rings (SSSR count). The minimum Gasteiger partial charge on any atom is -0.478 e. The molecule has 0 radical (unpaired) electrons. The summed E-state index contributed by atoms with van der Waals surface area (Å²) in [4.78, 5) is 23.6. The molecule has 0 aliphatic heterocycles. The summed E-state index contributed by atoms with van der Waals surface area (Å²) >= 11 is 0. The van der Waals surface area contributed by atoms with E-state index in [1.807, 2.05) is 13.0 Å². The zero-order valence-electron chi connectivity index (χ0n) is 15.6. The van der Waals surface area contributed by atoms with Crippen LogP contribution in [0.25, 0.3) is 11.0 Å². The molecule has 1 heterocycles. The number of aryl methyl sites for hydroxylation is 2. The molecule has 0 amide bonds. The minimum absolute atomic E-state index is 0.0790. The van der Waals surface area contributed by atoms with E-state index in [-0.39, 0.29) is 12.2 Å². The summed E-state index contributed by atoms with van der Waals surface area (Å²) in [6.45, 7) is 2.04. The van der Waals surface area contributed by atoms with Gasteiger partial charge in [-0.2, -0.15) is 0 Å². The fourth-order valence-corrected chi connectivity index (χ4v) is 3.75. The first-order valence-corrected chi connectivity index (χ1v) is 9.68. The third-order valence-corrected chi connectivity index (χ3v) is 5.29. The Balaban J connectivity index is 1.88. The molecule has 0 saturated heterocycles. The molecule has 1 aromatic heterocycles. The minimum atomic E-state index is -2.28. The fraction of sp³-hybridized carbons (Fsp3) is 0.524. The quantitative estimate of drug-likeness (QED) is 0.493. The van der Waals surface area contributed by atoms with Gasteiger partial charge in [-0.3, -0.25) is 0 Å². The number of carbonyl (C=O) groups is 2. The van der Waals surface area contributed by atoms with Gasteiger partial charge >= 0.3 is 17.5 Å². The van der Waals surface area contributed by atoms with E-state index in [2.05, 4.69) is 0 Å². The van der Waals surface area contributed by atoms with E-state index < -0.39 is 17.5 Å². The number of carboxylic acid groups (broad SMARTS) is 2. The van der Waals surface area contributed by atoms with Gasteiger partial charge in [-0.05, 0) is 37.8 Å². The van der Waals surface area contributed by atoms with Crippen molar-refractivity contribution < 1.29 is 29.0 Å². The van der Waals surface area contributed by atoms with E-state index in [1.165, 1.54) is 5.56 Å². The highest BCUT2D eigenvalue weighted by atomic mass is 16.6. The molecule has 146 valence electrons. The van der Waals surface area contributed by atoms with Crippen LogP contribution >= 0.6 is 0 Å². The molecule has 6 heteroatoms. The van der Waals surface area contributed by atoms with Crippen molar-refractivity contribution >= 4 is 22.9 Å². The molecule has 2 aromatic rings. The Kier molecular flexibility index (Phi) is 5.73. The van der Waals surface area contributed by atoms with Crippen LogP contribution in [0.2, 0.25) is 0 Å². The first-order chi connectivity index (χ1) is 13.0. The molecule has 0 bridgehead atoms. The lowest BCUT2D eigenvalue weighted by Gasteiger charge is -2.26. The van der Waals surface area contributed by atoms with Crippen LogP contribution in [0.15, 0.2) is 22.6 Å². The third kappa shape index (κ3) is 3.80. The van der Waals surface area contributed by atoms with Crippen LogP contribution in [0.3, 0.4) is 0 Å². The summed E-state index contributed by atoms with van der Waals surface area (Å²) in [5, 5.41) is 20.3. The lowest BCUT2D eigenvalue weighted by Crippen LogP contribution is -2.51. The van der Waals surface area contributed by atoms with Gasteiger partial charge < -0.3 is 19.4 Å². The van der Waals surface area contributed by atoms with Crippen molar-refractivity contribution in [3.8, 4) is 5.75 Å². The van der Waals surface area contributed by atoms with E-state index in [0.717, 1.165) is 56.1 Å². The summed E-state index contributed by atoms with van der Waals surface area (Å²) in [6.07, 6.45) is 7.15. The van der Waals surface area contributed by atoms with E-state index in [9.17, 15) is 19.8 Å². The zero-order valence-corrected chi connectivity index (χ0v) is 15.6. The van der Waals surface area contributed by atoms with Gasteiger partial charge in [0.25, 0.3) is 0 Å². The molecular formula is C21H26O6. The molecule has 2 N–H and O–H groups in total. The topological polar surface area (TPSA) is 97.0 Å². The Hall–Kier alpha value is -2.50. The van der Waals surface area contributed by atoms with Crippen molar-refractivity contribution in [3.63, 3.8) is 0 Å². The predicted octanol–water partition coefficient (Wildman–Crippen LogP) is 4.57. The number of carboxylic acids is 2. The first kappa shape index (κ1) is 19.3. The molecule has 1 aliphatic rings. The van der Waals surface area contributed by atoms with Crippen LogP contribution in [0.4, 0.5) is 0 Å². The number of hydrogen-bond donors (Lipinski definition) is 2. The maximum Gasteiger partial charge on any atom is 0.360 e. The Labute approximate surface area is 158 Å². The summed E-state index contributed by atoms with van der Waals surface area (Å²) in [6, 6.07) is 5.09. The van der Waals surface area contributed by atoms with Crippen molar-refractivity contribution in [1.29, 1.82) is 0 Å². The molecule has 0 spiro atoms. The Morgan fingerprint density at radius 3 is 2.56 bits per heavy atom. The standard InChI is InChI=1S/C21H26O6/c1-2-3-4-7-12-21(19(22)23,20(24)25)27-14-10-11-16-15-8-5-6-9-17(15)26-18(16)13-14/h10-11,13H,2-9,12H2,1H3,(H,22,23)(H,24,25). The Morgan fingerprint density at radius 1 is 1.11 bits per heavy atom. The van der Waals surface area contributed by atoms with Gasteiger partial charge in [0.2, 0.25) is 0 Å². The van der Waals surface area contributed by atoms with E-state index in [1.54, 1.807) is 12.1 Å². The second-order valence-electron chi connectivity index (χ2n) is 7.22. The lowest BCUT2D eigenvalue weighted by atomic mass is 9.95. The van der Waals surface area contributed by atoms with Crippen LogP contribution < -0.4 is 4.74 Å². The summed E-state index contributed by atoms with van der Waals surface area (Å²) in [7, 11) is 0. The predicted molar refractivity (Wildman–Crippen MR) is 100 cm³/mol. The molecule has 1 aromatic carbocycles. The van der Waals surface area contributed by atoms with Gasteiger partial charge in [0.1, 0.15) is 17.1 Å². The molecular weight excluding hydrogens is 348 g/mol. The number of aliphatic carboxylic acids is 2. The van der Waals surface area contributed by atoms with Gasteiger partial charge in [0.15, 0.2) is 0 Å². The van der Waals surface area contributed by atoms with Gasteiger partial charge in [-0.25, -0.2) is 9.59 Å². The second-order valence-corrected chi connectivity index (χ2v) is 7.22. The SMILES string of the molecule is CCCCCCC(Oc1ccc2c3c(oc2c1)CCCC3)(C(=O)O)C(=O)O. The average Bonchev–Trinajstić information content (AvgIpc) is 3.01. The van der Waals surface area contributed by atoms with E-state index in [4.69, 9.17) is 9.15 Å². The Bertz CT molecular complexity index is 821. The normalized spacial score (nSPS) is 14.1. The number of rotatable bonds is 9. The molecule has 27 heavy (non-hydrogen) atoms. The highest BCUT2D eigenvalue weighted by Gasteiger charge is 2.49. The van der Waals surface area contributed by atoms with Crippen LogP contribution in [-0.2, 0) is 22.4 Å². The van der Waals surface area contributed by atoms with Gasteiger partial charge in [-0.1, -0.05) is 26.2 Å². The number of benzene rings is 1. The fourth-order valence-electron chi connectivity index (χ4n) is 3.75. The summed E-state index contributed by atoms with van der Waals surface area (Å²) < 4.78 is 11.5. The van der Waals surface area contributed by atoms with Gasteiger partial charge in [0, 0.05) is 29.9 Å². The molecule has 6 nitrogen and oxygen atoms in total. The van der Waals surface area contributed by atoms with Crippen molar-refractivity contribution in [2.45, 2.75) is 70.3 Å². The van der Waals surface area contributed by atoms with Crippen LogP contribution in [0, 0.1) is 0 Å². The number of furan rings is 1. The van der Waals surface area contributed by atoms with E-state index >= 15 is 0 Å². The number of fused-ring (bicyclic) bond motifs is 3. The van der Waals surface area contributed by atoms with E-state index in [0.29, 0.717) is 12.0 Å². The third-order valence-electron chi connectivity index (χ3n) is 5.29. The molecule has 0 saturated carbocycles. The van der Waals surface area contributed by atoms with Gasteiger partial charge in [-0.15, -0.1) is 0 Å². The monoisotopic (exact) mass is 374 g/mol. The van der Waals surface area contributed by atoms with Crippen molar-refractivity contribution in [3.05, 3.63) is 29.5 Å². The largest absolute Gasteiger partial charge is 0.478 e. The van der Waals surface area contributed by atoms with Crippen LogP contribution in [-0.4, -0.2) is 27.8 Å². The van der Waals surface area contributed by atoms with Crippen LogP contribution in [0.1, 0.15) is 63.2 Å². The summed E-state index contributed by atoms with van der Waals surface area (Å²) in [5.74, 6) is -1.79. The summed E-state index contributed by atoms with van der Waals surface area (Å²) in [5.41, 5.74) is -0.465. The molecule has 0 atom stereocenters. The van der Waals surface area contributed by atoms with Crippen molar-refractivity contribution in [1.82, 2.24) is 0 Å². The van der Waals surface area contributed by atoms with Gasteiger partial charge in [0.05, 0.1) is 0 Å². The number of hydrogen-bond acceptors (Lipinski definition) is 4. The molecule has 0 fully saturated rings. The maximum absolute atomic E-state index is 11.8. The highest BCUT2D eigenvalue weighted by molar-refractivity contribution is 6.02. The highest BCUT2D eigenvalue weighted by Crippen LogP contribution is 2.35. The molecule has 1 aliphatic carbocycles. The molecule has 0 unspecified atom stereocenters. The number of ether oxygens (including phenoxy) is 1. The van der Waals surface area contributed by atoms with Crippen molar-refractivity contribution in [2.24, 2.45) is 0 Å². The Morgan fingerprint density at radius 2 is 1.85 bits per heavy atom. The lowest BCUT2D eigenvalue weighted by molar-refractivity contribution is -0.173. The first-order valence-electron chi connectivity index (χ1n) is 9.68. The second kappa shape index (κ2) is 8.03. The smallest absolute Gasteiger partial charge is 0.360 e. The zero-order chi connectivity index (χ0) is 19.4. The van der Waals surface area contributed by atoms with Crippen molar-refractivity contribution in [2.75, 3.05) is 0 Å². The number of unbranched alkanes of at least 4 members (excludes halogenated alkanes) is 3. The maximum atomic E-state index is 11.8. The average molecular weight is 374 g/mol.